The predicted octanol–water partition coefficient (Wildman–Crippen LogP) is 2.16. The first-order valence-corrected chi connectivity index (χ1v) is 8.00. The summed E-state index contributed by atoms with van der Waals surface area (Å²) in [5, 5.41) is 0.869. The summed E-state index contributed by atoms with van der Waals surface area (Å²) in [6.45, 7) is 0.383. The van der Waals surface area contributed by atoms with E-state index in [-0.39, 0.29) is 5.56 Å². The van der Waals surface area contributed by atoms with Crippen molar-refractivity contribution in [2.75, 3.05) is 7.05 Å². The van der Waals surface area contributed by atoms with E-state index in [9.17, 15) is 9.00 Å². The maximum atomic E-state index is 11.4. The Kier molecular flexibility index (Phi) is 4.33. The van der Waals surface area contributed by atoms with E-state index in [1.54, 1.807) is 19.3 Å². The number of benzene rings is 1. The van der Waals surface area contributed by atoms with Gasteiger partial charge < -0.3 is 4.98 Å². The van der Waals surface area contributed by atoms with Crippen LogP contribution in [0.4, 0.5) is 0 Å². The molecule has 1 atom stereocenters. The first kappa shape index (κ1) is 15.5. The molecule has 0 aliphatic carbocycles. The summed E-state index contributed by atoms with van der Waals surface area (Å²) in [7, 11) is 1.58. The summed E-state index contributed by atoms with van der Waals surface area (Å²) >= 11 is -1.98. The fourth-order valence-electron chi connectivity index (χ4n) is 2.41. The highest BCUT2D eigenvalue weighted by molar-refractivity contribution is 7.76. The first-order valence-electron chi connectivity index (χ1n) is 6.94. The van der Waals surface area contributed by atoms with Crippen molar-refractivity contribution in [2.24, 2.45) is 0 Å². The fourth-order valence-corrected chi connectivity index (χ4v) is 2.67. The van der Waals surface area contributed by atoms with Crippen molar-refractivity contribution in [1.29, 1.82) is 0 Å². The van der Waals surface area contributed by atoms with Crippen LogP contribution in [0.2, 0.25) is 0 Å². The van der Waals surface area contributed by atoms with Gasteiger partial charge in [0.05, 0.1) is 0 Å². The number of aromatic nitrogens is 2. The minimum Gasteiger partial charge on any atom is -0.307 e. The van der Waals surface area contributed by atoms with E-state index < -0.39 is 11.3 Å². The maximum absolute atomic E-state index is 11.4. The van der Waals surface area contributed by atoms with Crippen molar-refractivity contribution >= 4 is 22.3 Å². The Hall–Kier alpha value is -2.35. The Bertz CT molecular complexity index is 922. The molecule has 0 spiro atoms. The van der Waals surface area contributed by atoms with E-state index in [4.69, 9.17) is 4.55 Å². The Morgan fingerprint density at radius 2 is 1.91 bits per heavy atom. The molecule has 0 saturated heterocycles. The predicted molar refractivity (Wildman–Crippen MR) is 90.0 cm³/mol. The molecule has 3 aromatic rings. The maximum Gasteiger partial charge on any atom is 0.249 e. The molecule has 0 radical (unpaired) electrons. The standard InChI is InChI=1S/C16H15N3O3S/c1-19(23(21)22)10-11-2-4-12(5-3-11)13-8-9-17-16-14(13)6-7-15(20)18-16/h2-9H,10H2,1H3,(H,21,22)(H,17,18,20). The quantitative estimate of drug-likeness (QED) is 0.718. The largest absolute Gasteiger partial charge is 0.307 e. The SMILES string of the molecule is CN(Cc1ccc(-c2ccnc3[nH]c(=O)ccc23)cc1)S(=O)O. The van der Waals surface area contributed by atoms with Gasteiger partial charge in [-0.2, -0.15) is 4.31 Å². The van der Waals surface area contributed by atoms with E-state index in [2.05, 4.69) is 9.97 Å². The van der Waals surface area contributed by atoms with Crippen molar-refractivity contribution in [1.82, 2.24) is 14.3 Å². The first-order chi connectivity index (χ1) is 11.0. The van der Waals surface area contributed by atoms with Gasteiger partial charge in [-0.3, -0.25) is 9.35 Å². The number of nitrogens with one attached hydrogen (secondary N) is 1. The third-order valence-electron chi connectivity index (χ3n) is 3.57. The molecule has 0 aliphatic heterocycles. The molecule has 0 bridgehead atoms. The molecule has 2 aromatic heterocycles. The van der Waals surface area contributed by atoms with Crippen LogP contribution in [0.25, 0.3) is 22.2 Å². The van der Waals surface area contributed by atoms with Gasteiger partial charge >= 0.3 is 0 Å². The molecule has 0 saturated carbocycles. The second-order valence-corrected chi connectivity index (χ2v) is 6.24. The van der Waals surface area contributed by atoms with Gasteiger partial charge in [-0.05, 0) is 28.8 Å². The van der Waals surface area contributed by atoms with Crippen molar-refractivity contribution in [3.63, 3.8) is 0 Å². The molecule has 1 aromatic carbocycles. The Morgan fingerprint density at radius 3 is 2.61 bits per heavy atom. The van der Waals surface area contributed by atoms with Crippen LogP contribution < -0.4 is 5.56 Å². The zero-order chi connectivity index (χ0) is 16.4. The summed E-state index contributed by atoms with van der Waals surface area (Å²) in [4.78, 5) is 18.3. The lowest BCUT2D eigenvalue weighted by molar-refractivity contribution is 0.445. The highest BCUT2D eigenvalue weighted by Crippen LogP contribution is 2.26. The normalized spacial score (nSPS) is 12.7. The Labute approximate surface area is 135 Å². The lowest BCUT2D eigenvalue weighted by atomic mass is 10.0. The van der Waals surface area contributed by atoms with Crippen LogP contribution in [0.5, 0.6) is 0 Å². The number of pyridine rings is 2. The van der Waals surface area contributed by atoms with Gasteiger partial charge in [-0.25, -0.2) is 9.19 Å². The third-order valence-corrected chi connectivity index (χ3v) is 4.23. The topological polar surface area (TPSA) is 86.3 Å². The lowest BCUT2D eigenvalue weighted by Crippen LogP contribution is -2.19. The van der Waals surface area contributed by atoms with Crippen molar-refractivity contribution in [3.05, 3.63) is 64.6 Å². The third kappa shape index (κ3) is 3.37. The van der Waals surface area contributed by atoms with Gasteiger partial charge in [0.25, 0.3) is 0 Å². The minimum atomic E-state index is -1.98. The molecule has 3 rings (SSSR count). The van der Waals surface area contributed by atoms with Crippen molar-refractivity contribution in [2.45, 2.75) is 6.54 Å². The van der Waals surface area contributed by atoms with Crippen molar-refractivity contribution in [3.8, 4) is 11.1 Å². The number of hydrogen-bond donors (Lipinski definition) is 2. The molecule has 0 fully saturated rings. The van der Waals surface area contributed by atoms with Crippen LogP contribution in [0.15, 0.2) is 53.5 Å². The summed E-state index contributed by atoms with van der Waals surface area (Å²) < 4.78 is 21.3. The highest BCUT2D eigenvalue weighted by Gasteiger charge is 2.08. The highest BCUT2D eigenvalue weighted by atomic mass is 32.2. The van der Waals surface area contributed by atoms with Gasteiger partial charge in [0, 0.05) is 31.2 Å². The molecule has 6 nitrogen and oxygen atoms in total. The average Bonchev–Trinajstić information content (AvgIpc) is 2.54. The summed E-state index contributed by atoms with van der Waals surface area (Å²) in [6.07, 6.45) is 1.66. The van der Waals surface area contributed by atoms with Gasteiger partial charge in [0.2, 0.25) is 16.8 Å². The average molecular weight is 329 g/mol. The van der Waals surface area contributed by atoms with E-state index in [0.29, 0.717) is 12.2 Å². The molecule has 2 heterocycles. The molecule has 7 heteroatoms. The zero-order valence-electron chi connectivity index (χ0n) is 12.4. The van der Waals surface area contributed by atoms with Crippen LogP contribution in [-0.4, -0.2) is 30.1 Å². The molecular formula is C16H15N3O3S. The zero-order valence-corrected chi connectivity index (χ0v) is 13.2. The van der Waals surface area contributed by atoms with Gasteiger partial charge in [-0.1, -0.05) is 24.3 Å². The molecule has 2 N–H and O–H groups in total. The molecule has 1 unspecified atom stereocenters. The minimum absolute atomic E-state index is 0.183. The molecule has 0 aliphatic rings. The number of H-pyrrole nitrogens is 1. The van der Waals surface area contributed by atoms with E-state index in [1.807, 2.05) is 30.3 Å². The number of fused-ring (bicyclic) bond motifs is 1. The molecular weight excluding hydrogens is 314 g/mol. The van der Waals surface area contributed by atoms with Gasteiger partial charge in [0.1, 0.15) is 5.65 Å². The smallest absolute Gasteiger partial charge is 0.249 e. The number of hydrogen-bond acceptors (Lipinski definition) is 3. The number of nitrogens with zero attached hydrogens (tertiary/aromatic N) is 2. The Morgan fingerprint density at radius 1 is 1.17 bits per heavy atom. The number of aromatic amines is 1. The van der Waals surface area contributed by atoms with E-state index in [1.165, 1.54) is 10.4 Å². The van der Waals surface area contributed by atoms with Gasteiger partial charge in [0.15, 0.2) is 0 Å². The summed E-state index contributed by atoms with van der Waals surface area (Å²) in [5.74, 6) is 0. The van der Waals surface area contributed by atoms with Crippen LogP contribution >= 0.6 is 0 Å². The van der Waals surface area contributed by atoms with E-state index in [0.717, 1.165) is 22.1 Å². The molecule has 118 valence electrons. The lowest BCUT2D eigenvalue weighted by Gasteiger charge is -2.12. The fraction of sp³-hybridized carbons (Fsp3) is 0.125. The summed E-state index contributed by atoms with van der Waals surface area (Å²) in [6, 6.07) is 12.9. The number of rotatable bonds is 4. The monoisotopic (exact) mass is 329 g/mol. The van der Waals surface area contributed by atoms with Crippen LogP contribution in [0, 0.1) is 0 Å². The van der Waals surface area contributed by atoms with Crippen LogP contribution in [0.3, 0.4) is 0 Å². The van der Waals surface area contributed by atoms with E-state index >= 15 is 0 Å². The molecule has 0 amide bonds. The van der Waals surface area contributed by atoms with Crippen molar-refractivity contribution < 1.29 is 8.76 Å². The second kappa shape index (κ2) is 6.41. The molecule has 23 heavy (non-hydrogen) atoms. The van der Waals surface area contributed by atoms with Gasteiger partial charge in [-0.15, -0.1) is 0 Å². The second-order valence-electron chi connectivity index (χ2n) is 5.16. The van der Waals surface area contributed by atoms with Crippen LogP contribution in [0.1, 0.15) is 5.56 Å². The Balaban J connectivity index is 1.96. The summed E-state index contributed by atoms with van der Waals surface area (Å²) in [5.41, 5.74) is 3.26. The van der Waals surface area contributed by atoms with Crippen LogP contribution in [-0.2, 0) is 17.8 Å².